The van der Waals surface area contributed by atoms with Crippen molar-refractivity contribution in [3.8, 4) is 5.75 Å². The monoisotopic (exact) mass is 412 g/mol. The molecule has 0 radical (unpaired) electrons. The van der Waals surface area contributed by atoms with Crippen LogP contribution in [-0.2, 0) is 6.54 Å². The number of aromatic nitrogens is 2. The predicted octanol–water partition coefficient (Wildman–Crippen LogP) is 4.22. The Kier molecular flexibility index (Phi) is 5.87. The van der Waals surface area contributed by atoms with E-state index in [1.807, 2.05) is 28.6 Å². The van der Waals surface area contributed by atoms with Gasteiger partial charge in [-0.2, -0.15) is 0 Å². The van der Waals surface area contributed by atoms with Gasteiger partial charge in [0.1, 0.15) is 5.75 Å². The zero-order chi connectivity index (χ0) is 20.4. The second-order valence-corrected chi connectivity index (χ2v) is 8.56. The van der Waals surface area contributed by atoms with Crippen LogP contribution in [0.5, 0.6) is 5.75 Å². The van der Waals surface area contributed by atoms with Crippen molar-refractivity contribution in [2.45, 2.75) is 38.8 Å². The standard InChI is InChI=1S/C22H28N4O2S/c1-16(17-8-7-9-18(14-17)28-3)24(2)15-19-20(23-22-26(19)12-13-29-22)21(27)25-10-5-4-6-11-25/h7-9,12-14,16H,4-6,10-11,15H2,1-3H3/t16-/m0/s1. The van der Waals surface area contributed by atoms with Crippen LogP contribution in [0, 0.1) is 0 Å². The molecule has 0 bridgehead atoms. The molecule has 1 saturated heterocycles. The number of likely N-dealkylation sites (tertiary alicyclic amines) is 1. The van der Waals surface area contributed by atoms with Gasteiger partial charge in [-0.1, -0.05) is 12.1 Å². The highest BCUT2D eigenvalue weighted by Crippen LogP contribution is 2.27. The zero-order valence-electron chi connectivity index (χ0n) is 17.3. The van der Waals surface area contributed by atoms with Gasteiger partial charge in [-0.25, -0.2) is 4.98 Å². The Balaban J connectivity index is 1.60. The lowest BCUT2D eigenvalue weighted by Crippen LogP contribution is -2.36. The van der Waals surface area contributed by atoms with Gasteiger partial charge < -0.3 is 9.64 Å². The molecule has 3 aromatic rings. The summed E-state index contributed by atoms with van der Waals surface area (Å²) in [6, 6.07) is 8.32. The van der Waals surface area contributed by atoms with Gasteiger partial charge in [0.05, 0.1) is 12.8 Å². The van der Waals surface area contributed by atoms with Crippen LogP contribution in [0.15, 0.2) is 35.8 Å². The van der Waals surface area contributed by atoms with E-state index in [0.717, 1.165) is 42.3 Å². The number of fused-ring (bicyclic) bond motifs is 1. The number of hydrogen-bond donors (Lipinski definition) is 0. The first-order valence-corrected chi connectivity index (χ1v) is 11.0. The van der Waals surface area contributed by atoms with E-state index in [1.165, 1.54) is 12.0 Å². The molecule has 0 unspecified atom stereocenters. The Morgan fingerprint density at radius 2 is 2.10 bits per heavy atom. The van der Waals surface area contributed by atoms with Crippen LogP contribution in [0.3, 0.4) is 0 Å². The minimum absolute atomic E-state index is 0.0676. The highest BCUT2D eigenvalue weighted by atomic mass is 32.1. The molecular formula is C22H28N4O2S. The first-order chi connectivity index (χ1) is 14.1. The fourth-order valence-corrected chi connectivity index (χ4v) is 4.66. The van der Waals surface area contributed by atoms with Gasteiger partial charge in [-0.05, 0) is 50.9 Å². The summed E-state index contributed by atoms with van der Waals surface area (Å²) in [7, 11) is 3.77. The van der Waals surface area contributed by atoms with Gasteiger partial charge in [0.25, 0.3) is 5.91 Å². The highest BCUT2D eigenvalue weighted by Gasteiger charge is 2.27. The van der Waals surface area contributed by atoms with Crippen LogP contribution >= 0.6 is 11.3 Å². The van der Waals surface area contributed by atoms with Gasteiger partial charge in [-0.15, -0.1) is 11.3 Å². The number of piperidine rings is 1. The molecular weight excluding hydrogens is 384 g/mol. The second-order valence-electron chi connectivity index (χ2n) is 7.68. The normalized spacial score (nSPS) is 15.8. The van der Waals surface area contributed by atoms with Crippen molar-refractivity contribution in [3.63, 3.8) is 0 Å². The molecule has 1 aliphatic heterocycles. The number of amides is 1. The topological polar surface area (TPSA) is 50.1 Å². The van der Waals surface area contributed by atoms with Gasteiger partial charge in [-0.3, -0.25) is 14.1 Å². The zero-order valence-corrected chi connectivity index (χ0v) is 18.1. The van der Waals surface area contributed by atoms with Gasteiger partial charge in [0, 0.05) is 37.3 Å². The largest absolute Gasteiger partial charge is 0.497 e. The lowest BCUT2D eigenvalue weighted by Gasteiger charge is -2.28. The fourth-order valence-electron chi connectivity index (χ4n) is 3.93. The number of thiazole rings is 1. The molecule has 2 aromatic heterocycles. The van der Waals surface area contributed by atoms with Crippen LogP contribution in [0.4, 0.5) is 0 Å². The van der Waals surface area contributed by atoms with E-state index in [-0.39, 0.29) is 11.9 Å². The third-order valence-corrected chi connectivity index (χ3v) is 6.60. The summed E-state index contributed by atoms with van der Waals surface area (Å²) in [6.45, 7) is 4.48. The second kappa shape index (κ2) is 8.55. The van der Waals surface area contributed by atoms with E-state index < -0.39 is 0 Å². The Bertz CT molecular complexity index is 990. The number of imidazole rings is 1. The number of ether oxygens (including phenoxy) is 1. The summed E-state index contributed by atoms with van der Waals surface area (Å²) in [5.74, 6) is 0.923. The molecule has 1 fully saturated rings. The molecule has 0 saturated carbocycles. The maximum atomic E-state index is 13.2. The maximum absolute atomic E-state index is 13.2. The van der Waals surface area contributed by atoms with Crippen molar-refractivity contribution in [2.75, 3.05) is 27.2 Å². The van der Waals surface area contributed by atoms with Crippen LogP contribution in [0.25, 0.3) is 4.96 Å². The van der Waals surface area contributed by atoms with E-state index in [4.69, 9.17) is 9.72 Å². The number of rotatable bonds is 6. The molecule has 154 valence electrons. The smallest absolute Gasteiger partial charge is 0.274 e. The highest BCUT2D eigenvalue weighted by molar-refractivity contribution is 7.15. The first-order valence-electron chi connectivity index (χ1n) is 10.2. The summed E-state index contributed by atoms with van der Waals surface area (Å²) in [4.78, 5) is 23.0. The van der Waals surface area contributed by atoms with Crippen LogP contribution in [-0.4, -0.2) is 52.3 Å². The predicted molar refractivity (Wildman–Crippen MR) is 116 cm³/mol. The molecule has 1 aliphatic rings. The molecule has 4 rings (SSSR count). The molecule has 1 aromatic carbocycles. The summed E-state index contributed by atoms with van der Waals surface area (Å²) in [6.07, 6.45) is 5.38. The summed E-state index contributed by atoms with van der Waals surface area (Å²) < 4.78 is 7.44. The molecule has 7 heteroatoms. The van der Waals surface area contributed by atoms with E-state index in [0.29, 0.717) is 12.2 Å². The Morgan fingerprint density at radius 3 is 2.86 bits per heavy atom. The number of hydrogen-bond acceptors (Lipinski definition) is 5. The van der Waals surface area contributed by atoms with Gasteiger partial charge >= 0.3 is 0 Å². The van der Waals surface area contributed by atoms with Gasteiger partial charge in [0.15, 0.2) is 10.7 Å². The van der Waals surface area contributed by atoms with Crippen LogP contribution in [0.1, 0.15) is 54.0 Å². The van der Waals surface area contributed by atoms with E-state index in [1.54, 1.807) is 18.4 Å². The average Bonchev–Trinajstić information content (AvgIpc) is 3.36. The lowest BCUT2D eigenvalue weighted by molar-refractivity contribution is 0.0716. The van der Waals surface area contributed by atoms with E-state index in [9.17, 15) is 4.79 Å². The van der Waals surface area contributed by atoms with Crippen molar-refractivity contribution in [3.05, 3.63) is 52.8 Å². The Labute approximate surface area is 175 Å². The third kappa shape index (κ3) is 4.02. The Morgan fingerprint density at radius 1 is 1.31 bits per heavy atom. The quantitative estimate of drug-likeness (QED) is 0.608. The maximum Gasteiger partial charge on any atom is 0.274 e. The minimum atomic E-state index is 0.0676. The number of benzene rings is 1. The number of carbonyl (C=O) groups excluding carboxylic acids is 1. The van der Waals surface area contributed by atoms with Crippen molar-refractivity contribution < 1.29 is 9.53 Å². The molecule has 0 spiro atoms. The van der Waals surface area contributed by atoms with Crippen LogP contribution in [0.2, 0.25) is 0 Å². The van der Waals surface area contributed by atoms with Crippen molar-refractivity contribution in [1.29, 1.82) is 0 Å². The molecule has 0 N–H and O–H groups in total. The number of carbonyl (C=O) groups is 1. The summed E-state index contributed by atoms with van der Waals surface area (Å²) >= 11 is 1.57. The van der Waals surface area contributed by atoms with Crippen LogP contribution < -0.4 is 4.74 Å². The molecule has 1 atom stereocenters. The summed E-state index contributed by atoms with van der Waals surface area (Å²) in [5.41, 5.74) is 2.75. The summed E-state index contributed by atoms with van der Waals surface area (Å²) in [5, 5.41) is 2.02. The average molecular weight is 413 g/mol. The van der Waals surface area contributed by atoms with Crippen molar-refractivity contribution in [2.24, 2.45) is 0 Å². The van der Waals surface area contributed by atoms with Gasteiger partial charge in [0.2, 0.25) is 0 Å². The van der Waals surface area contributed by atoms with Crippen molar-refractivity contribution in [1.82, 2.24) is 19.2 Å². The number of methoxy groups -OCH3 is 1. The van der Waals surface area contributed by atoms with E-state index in [2.05, 4.69) is 35.4 Å². The molecule has 1 amide bonds. The molecule has 29 heavy (non-hydrogen) atoms. The lowest BCUT2D eigenvalue weighted by atomic mass is 10.1. The third-order valence-electron chi connectivity index (χ3n) is 5.84. The van der Waals surface area contributed by atoms with E-state index >= 15 is 0 Å². The first kappa shape index (κ1) is 19.9. The molecule has 6 nitrogen and oxygen atoms in total. The SMILES string of the molecule is COc1cccc([C@H](C)N(C)Cc2c(C(=O)N3CCCCC3)nc3sccn23)c1. The minimum Gasteiger partial charge on any atom is -0.497 e. The molecule has 0 aliphatic carbocycles. The number of nitrogens with zero attached hydrogens (tertiary/aromatic N) is 4. The fraction of sp³-hybridized carbons (Fsp3) is 0.455. The van der Waals surface area contributed by atoms with Crippen molar-refractivity contribution >= 4 is 22.2 Å². The Hall–Kier alpha value is -2.38. The molecule has 3 heterocycles.